The fraction of sp³-hybridized carbons (Fsp3) is 0. The van der Waals surface area contributed by atoms with Crippen molar-refractivity contribution in [1.29, 1.82) is 0 Å². The topological polar surface area (TPSA) is 0 Å². The Morgan fingerprint density at radius 3 is 2.30 bits per heavy atom. The Bertz CT molecular complexity index is 232. The Morgan fingerprint density at radius 1 is 1.30 bits per heavy atom. The molecule has 0 saturated heterocycles. The normalized spacial score (nSPS) is 8.70. The van der Waals surface area contributed by atoms with Gasteiger partial charge in [-0.1, -0.05) is 0 Å². The molecule has 0 aliphatic heterocycles. The molecule has 0 aromatic heterocycles. The van der Waals surface area contributed by atoms with Crippen molar-refractivity contribution in [3.8, 4) is 0 Å². The van der Waals surface area contributed by atoms with Gasteiger partial charge in [0.25, 0.3) is 0 Å². The third-order valence-corrected chi connectivity index (χ3v) is 1.25. The molecule has 1 aromatic carbocycles. The van der Waals surface area contributed by atoms with Gasteiger partial charge in [0.15, 0.2) is 0 Å². The maximum Gasteiger partial charge on any atom is 1.00 e. The average molecular weight is 170 g/mol. The van der Waals surface area contributed by atoms with Crippen molar-refractivity contribution >= 4 is 12.6 Å². The van der Waals surface area contributed by atoms with E-state index in [1.165, 1.54) is 0 Å². The van der Waals surface area contributed by atoms with Crippen LogP contribution in [0.25, 0.3) is 0 Å². The Labute approximate surface area is 86.8 Å². The van der Waals surface area contributed by atoms with Gasteiger partial charge in [-0.25, -0.2) is 8.78 Å². The van der Waals surface area contributed by atoms with Crippen molar-refractivity contribution in [2.24, 2.45) is 0 Å². The van der Waals surface area contributed by atoms with E-state index in [2.05, 4.69) is 12.6 Å². The smallest absolute Gasteiger partial charge is 1.00 e. The molecule has 0 amide bonds. The van der Waals surface area contributed by atoms with Gasteiger partial charge in [-0.15, -0.1) is 12.6 Å². The Kier molecular flexibility index (Phi) is 4.52. The maximum atomic E-state index is 12.3. The molecule has 1 aromatic rings. The zero-order valence-corrected chi connectivity index (χ0v) is 8.33. The van der Waals surface area contributed by atoms with Crippen LogP contribution in [0.4, 0.5) is 8.78 Å². The summed E-state index contributed by atoms with van der Waals surface area (Å²) in [6, 6.07) is 3.12. The molecule has 4 heteroatoms. The SMILES string of the molecule is Fc1ccc(F)c(S)c1.[H-].[Na+]. The van der Waals surface area contributed by atoms with E-state index >= 15 is 0 Å². The van der Waals surface area contributed by atoms with Gasteiger partial charge >= 0.3 is 29.6 Å². The van der Waals surface area contributed by atoms with Gasteiger partial charge in [-0.2, -0.15) is 0 Å². The van der Waals surface area contributed by atoms with Gasteiger partial charge in [0.05, 0.1) is 0 Å². The summed E-state index contributed by atoms with van der Waals surface area (Å²) in [7, 11) is 0. The van der Waals surface area contributed by atoms with Gasteiger partial charge in [-0.3, -0.25) is 0 Å². The van der Waals surface area contributed by atoms with Crippen LogP contribution in [-0.4, -0.2) is 0 Å². The van der Waals surface area contributed by atoms with Gasteiger partial charge in [0.2, 0.25) is 0 Å². The molecular formula is C6H5F2NaS. The molecule has 0 radical (unpaired) electrons. The summed E-state index contributed by atoms with van der Waals surface area (Å²) in [5, 5.41) is 0. The first kappa shape index (κ1) is 10.4. The van der Waals surface area contributed by atoms with Crippen LogP contribution in [0.5, 0.6) is 0 Å². The van der Waals surface area contributed by atoms with Crippen molar-refractivity contribution in [3.05, 3.63) is 29.8 Å². The second-order valence-corrected chi connectivity index (χ2v) is 2.08. The van der Waals surface area contributed by atoms with Crippen molar-refractivity contribution in [2.45, 2.75) is 4.90 Å². The first-order valence-electron chi connectivity index (χ1n) is 2.34. The summed E-state index contributed by atoms with van der Waals surface area (Å²) in [4.78, 5) is 0.0370. The molecule has 0 saturated carbocycles. The number of thiol groups is 1. The van der Waals surface area contributed by atoms with E-state index in [1.807, 2.05) is 0 Å². The van der Waals surface area contributed by atoms with Crippen LogP contribution >= 0.6 is 12.6 Å². The Balaban J connectivity index is 0. The number of halogens is 2. The monoisotopic (exact) mass is 170 g/mol. The third-order valence-electron chi connectivity index (χ3n) is 0.908. The molecular weight excluding hydrogens is 165 g/mol. The third kappa shape index (κ3) is 2.58. The molecule has 0 heterocycles. The zero-order chi connectivity index (χ0) is 6.85. The van der Waals surface area contributed by atoms with E-state index in [0.29, 0.717) is 0 Å². The molecule has 0 unspecified atom stereocenters. The molecule has 0 spiro atoms. The molecule has 0 aliphatic carbocycles. The van der Waals surface area contributed by atoms with Crippen LogP contribution < -0.4 is 29.6 Å². The number of hydrogen-bond acceptors (Lipinski definition) is 1. The largest absolute Gasteiger partial charge is 1.00 e. The van der Waals surface area contributed by atoms with Crippen molar-refractivity contribution in [2.75, 3.05) is 0 Å². The molecule has 0 fully saturated rings. The zero-order valence-electron chi connectivity index (χ0n) is 6.44. The molecule has 10 heavy (non-hydrogen) atoms. The summed E-state index contributed by atoms with van der Waals surface area (Å²) < 4.78 is 24.4. The van der Waals surface area contributed by atoms with E-state index < -0.39 is 11.6 Å². The minimum atomic E-state index is -0.500. The van der Waals surface area contributed by atoms with Crippen LogP contribution in [0, 0.1) is 11.6 Å². The summed E-state index contributed by atoms with van der Waals surface area (Å²) in [5.41, 5.74) is 0. The van der Waals surface area contributed by atoms with E-state index in [9.17, 15) is 8.78 Å². The molecule has 0 aliphatic rings. The van der Waals surface area contributed by atoms with Crippen molar-refractivity contribution < 1.29 is 39.8 Å². The first-order chi connectivity index (χ1) is 4.20. The van der Waals surface area contributed by atoms with Crippen molar-refractivity contribution in [1.82, 2.24) is 0 Å². The molecule has 0 nitrogen and oxygen atoms in total. The Morgan fingerprint density at radius 2 is 1.90 bits per heavy atom. The number of benzene rings is 1. The molecule has 50 valence electrons. The minimum Gasteiger partial charge on any atom is -1.00 e. The van der Waals surface area contributed by atoms with Gasteiger partial charge in [-0.05, 0) is 18.2 Å². The van der Waals surface area contributed by atoms with Crippen molar-refractivity contribution in [3.63, 3.8) is 0 Å². The molecule has 0 bridgehead atoms. The van der Waals surface area contributed by atoms with E-state index in [0.717, 1.165) is 18.2 Å². The minimum absolute atomic E-state index is 0. The molecule has 0 N–H and O–H groups in total. The standard InChI is InChI=1S/C6H4F2S.Na.H/c7-4-1-2-5(8)6(9)3-4;;/h1-3,9H;;/q;+1;-1. The van der Waals surface area contributed by atoms with Crippen LogP contribution in [0.2, 0.25) is 0 Å². The average Bonchev–Trinajstić information content (AvgIpc) is 1.80. The van der Waals surface area contributed by atoms with Crippen LogP contribution in [0.1, 0.15) is 1.43 Å². The summed E-state index contributed by atoms with van der Waals surface area (Å²) in [5.74, 6) is -0.971. The quantitative estimate of drug-likeness (QED) is 0.389. The van der Waals surface area contributed by atoms with Crippen LogP contribution in [0.15, 0.2) is 23.1 Å². The van der Waals surface area contributed by atoms with E-state index in [1.54, 1.807) is 0 Å². The molecule has 0 atom stereocenters. The van der Waals surface area contributed by atoms with Crippen LogP contribution in [0.3, 0.4) is 0 Å². The summed E-state index contributed by atoms with van der Waals surface area (Å²) in [6.45, 7) is 0. The predicted molar refractivity (Wildman–Crippen MR) is 34.7 cm³/mol. The summed E-state index contributed by atoms with van der Waals surface area (Å²) in [6.07, 6.45) is 0. The van der Waals surface area contributed by atoms with Gasteiger partial charge in [0.1, 0.15) is 11.6 Å². The maximum absolute atomic E-state index is 12.3. The Hall–Kier alpha value is 0.430. The van der Waals surface area contributed by atoms with Gasteiger partial charge < -0.3 is 1.43 Å². The summed E-state index contributed by atoms with van der Waals surface area (Å²) >= 11 is 3.65. The second kappa shape index (κ2) is 4.34. The molecule has 1 rings (SSSR count). The fourth-order valence-electron chi connectivity index (χ4n) is 0.486. The fourth-order valence-corrected chi connectivity index (χ4v) is 0.684. The van der Waals surface area contributed by atoms with Crippen LogP contribution in [-0.2, 0) is 0 Å². The second-order valence-electron chi connectivity index (χ2n) is 1.60. The van der Waals surface area contributed by atoms with E-state index in [4.69, 9.17) is 0 Å². The van der Waals surface area contributed by atoms with Gasteiger partial charge in [0, 0.05) is 4.90 Å². The predicted octanol–water partition coefficient (Wildman–Crippen LogP) is -0.630. The first-order valence-corrected chi connectivity index (χ1v) is 2.79. The number of hydrogen-bond donors (Lipinski definition) is 1. The van der Waals surface area contributed by atoms with E-state index in [-0.39, 0.29) is 35.9 Å². The number of rotatable bonds is 0.